The molecule has 3 rings (SSSR count). The summed E-state index contributed by atoms with van der Waals surface area (Å²) in [6.07, 6.45) is 14.1. The fourth-order valence-corrected chi connectivity index (χ4v) is 3.30. The Morgan fingerprint density at radius 1 is 0.783 bits per heavy atom. The molecule has 1 aromatic carbocycles. The summed E-state index contributed by atoms with van der Waals surface area (Å²) in [5.74, 6) is 0. The van der Waals surface area contributed by atoms with Crippen LogP contribution in [0.15, 0.2) is 82.5 Å². The van der Waals surface area contributed by atoms with E-state index in [4.69, 9.17) is 0 Å². The summed E-state index contributed by atoms with van der Waals surface area (Å²) in [6.45, 7) is 6.64. The lowest BCUT2D eigenvalue weighted by atomic mass is 9.84. The van der Waals surface area contributed by atoms with E-state index in [-0.39, 0.29) is 0 Å². The van der Waals surface area contributed by atoms with Crippen molar-refractivity contribution in [1.29, 1.82) is 0 Å². The minimum absolute atomic E-state index is 1.15. The van der Waals surface area contributed by atoms with Crippen molar-refractivity contribution in [3.05, 3.63) is 88.1 Å². The molecule has 0 nitrogen and oxygen atoms in total. The van der Waals surface area contributed by atoms with Gasteiger partial charge in [0.15, 0.2) is 0 Å². The lowest BCUT2D eigenvalue weighted by Gasteiger charge is -2.21. The fraction of sp³-hybridized carbons (Fsp3) is 0.304. The Kier molecular flexibility index (Phi) is 4.81. The molecule has 0 saturated heterocycles. The van der Waals surface area contributed by atoms with Crippen molar-refractivity contribution in [3.63, 3.8) is 0 Å². The predicted octanol–water partition coefficient (Wildman–Crippen LogP) is 6.79. The van der Waals surface area contributed by atoms with Crippen molar-refractivity contribution < 1.29 is 0 Å². The van der Waals surface area contributed by atoms with Gasteiger partial charge in [0.1, 0.15) is 0 Å². The van der Waals surface area contributed by atoms with Crippen LogP contribution in [-0.2, 0) is 0 Å². The van der Waals surface area contributed by atoms with Crippen LogP contribution in [0, 0.1) is 0 Å². The molecule has 0 unspecified atom stereocenters. The van der Waals surface area contributed by atoms with Gasteiger partial charge in [-0.05, 0) is 79.9 Å². The van der Waals surface area contributed by atoms with Gasteiger partial charge in [0.25, 0.3) is 0 Å². The highest BCUT2D eigenvalue weighted by atomic mass is 14.2. The highest BCUT2D eigenvalue weighted by molar-refractivity contribution is 5.69. The minimum Gasteiger partial charge on any atom is -0.0767 e. The molecule has 0 fully saturated rings. The monoisotopic (exact) mass is 302 g/mol. The minimum atomic E-state index is 1.15. The van der Waals surface area contributed by atoms with Gasteiger partial charge >= 0.3 is 0 Å². The highest BCUT2D eigenvalue weighted by Crippen LogP contribution is 2.34. The van der Waals surface area contributed by atoms with Crippen LogP contribution in [0.25, 0.3) is 5.57 Å². The van der Waals surface area contributed by atoms with Crippen LogP contribution in [0.2, 0.25) is 0 Å². The number of hydrogen-bond acceptors (Lipinski definition) is 0. The summed E-state index contributed by atoms with van der Waals surface area (Å²) in [5, 5.41) is 0. The van der Waals surface area contributed by atoms with Crippen LogP contribution < -0.4 is 0 Å². The van der Waals surface area contributed by atoms with E-state index < -0.39 is 0 Å². The van der Waals surface area contributed by atoms with Crippen LogP contribution in [0.4, 0.5) is 0 Å². The van der Waals surface area contributed by atoms with Crippen molar-refractivity contribution in [2.24, 2.45) is 0 Å². The maximum absolute atomic E-state index is 2.42. The molecule has 0 N–H and O–H groups in total. The number of rotatable bonds is 3. The van der Waals surface area contributed by atoms with E-state index in [9.17, 15) is 0 Å². The Hall–Kier alpha value is -2.08. The molecular formula is C23H26. The summed E-state index contributed by atoms with van der Waals surface area (Å²) in [6, 6.07) is 10.8. The average molecular weight is 302 g/mol. The Morgan fingerprint density at radius 3 is 2.13 bits per heavy atom. The van der Waals surface area contributed by atoms with E-state index >= 15 is 0 Å². The average Bonchev–Trinajstić information content (AvgIpc) is 2.62. The van der Waals surface area contributed by atoms with Crippen molar-refractivity contribution in [2.45, 2.75) is 46.5 Å². The summed E-state index contributed by atoms with van der Waals surface area (Å²) >= 11 is 0. The van der Waals surface area contributed by atoms with Crippen LogP contribution in [-0.4, -0.2) is 0 Å². The lowest BCUT2D eigenvalue weighted by molar-refractivity contribution is 0.896. The largest absolute Gasteiger partial charge is 0.0767 e. The maximum atomic E-state index is 2.42. The van der Waals surface area contributed by atoms with Gasteiger partial charge in [-0.3, -0.25) is 0 Å². The third-order valence-electron chi connectivity index (χ3n) is 5.00. The first-order valence-electron chi connectivity index (χ1n) is 8.66. The topological polar surface area (TPSA) is 0 Å². The van der Waals surface area contributed by atoms with E-state index in [1.165, 1.54) is 51.8 Å². The molecular weight excluding hydrogens is 276 g/mol. The molecule has 2 aliphatic rings. The van der Waals surface area contributed by atoms with Gasteiger partial charge in [0.2, 0.25) is 0 Å². The summed E-state index contributed by atoms with van der Waals surface area (Å²) in [4.78, 5) is 0. The van der Waals surface area contributed by atoms with Gasteiger partial charge in [-0.1, -0.05) is 60.2 Å². The zero-order valence-electron chi connectivity index (χ0n) is 14.5. The molecule has 0 atom stereocenters. The van der Waals surface area contributed by atoms with Crippen molar-refractivity contribution in [2.75, 3.05) is 0 Å². The Balaban J connectivity index is 1.84. The number of allylic oxidation sites excluding steroid dienone is 10. The van der Waals surface area contributed by atoms with Crippen LogP contribution in [0.3, 0.4) is 0 Å². The number of benzene rings is 1. The van der Waals surface area contributed by atoms with E-state index in [2.05, 4.69) is 75.4 Å². The van der Waals surface area contributed by atoms with Gasteiger partial charge in [-0.25, -0.2) is 0 Å². The molecule has 118 valence electrons. The zero-order valence-corrected chi connectivity index (χ0v) is 14.5. The molecule has 0 radical (unpaired) electrons. The molecule has 0 heterocycles. The maximum Gasteiger partial charge on any atom is -0.0224 e. The molecule has 1 aromatic rings. The van der Waals surface area contributed by atoms with E-state index in [0.29, 0.717) is 0 Å². The first-order valence-corrected chi connectivity index (χ1v) is 8.66. The van der Waals surface area contributed by atoms with Crippen LogP contribution in [0.1, 0.15) is 52.0 Å². The molecule has 0 amide bonds. The first-order chi connectivity index (χ1) is 11.1. The second-order valence-corrected chi connectivity index (χ2v) is 6.74. The summed E-state index contributed by atoms with van der Waals surface area (Å²) in [5.41, 5.74) is 10.1. The second-order valence-electron chi connectivity index (χ2n) is 6.74. The van der Waals surface area contributed by atoms with Gasteiger partial charge in [0.05, 0.1) is 0 Å². The molecule has 0 aliphatic heterocycles. The smallest absolute Gasteiger partial charge is 0.0224 e. The predicted molar refractivity (Wildman–Crippen MR) is 101 cm³/mol. The third-order valence-corrected chi connectivity index (χ3v) is 5.00. The van der Waals surface area contributed by atoms with Gasteiger partial charge in [-0.2, -0.15) is 0 Å². The van der Waals surface area contributed by atoms with Gasteiger partial charge in [0, 0.05) is 0 Å². The Morgan fingerprint density at radius 2 is 1.48 bits per heavy atom. The Bertz CT molecular complexity index is 730. The standard InChI is InChI=1S/C23H26/c1-17(2)18(3)22-10-7-11-23(16-22)21-14-12-20(13-15-21)19-8-5-4-6-9-19/h4-6,8-10,12,14,16H,7,11,13,15H2,1-3H3. The quantitative estimate of drug-likeness (QED) is 0.576. The van der Waals surface area contributed by atoms with Crippen LogP contribution >= 0.6 is 0 Å². The molecule has 23 heavy (non-hydrogen) atoms. The molecule has 0 bridgehead atoms. The molecule has 0 saturated carbocycles. The van der Waals surface area contributed by atoms with Crippen molar-refractivity contribution in [1.82, 2.24) is 0 Å². The summed E-state index contributed by atoms with van der Waals surface area (Å²) in [7, 11) is 0. The second kappa shape index (κ2) is 7.00. The zero-order chi connectivity index (χ0) is 16.2. The SMILES string of the molecule is CC(C)=C(C)C1=CCCC(C2=CC=C(c3ccccc3)CC2)=C1. The van der Waals surface area contributed by atoms with Crippen LogP contribution in [0.5, 0.6) is 0 Å². The lowest BCUT2D eigenvalue weighted by Crippen LogP contribution is -2.01. The van der Waals surface area contributed by atoms with E-state index in [1.807, 2.05) is 0 Å². The number of hydrogen-bond donors (Lipinski definition) is 0. The van der Waals surface area contributed by atoms with E-state index in [0.717, 1.165) is 12.8 Å². The van der Waals surface area contributed by atoms with Crippen molar-refractivity contribution >= 4 is 5.57 Å². The third kappa shape index (κ3) is 3.64. The van der Waals surface area contributed by atoms with E-state index in [1.54, 1.807) is 0 Å². The molecule has 0 spiro atoms. The first kappa shape index (κ1) is 15.8. The van der Waals surface area contributed by atoms with Gasteiger partial charge in [-0.15, -0.1) is 0 Å². The Labute approximate surface area is 140 Å². The summed E-state index contributed by atoms with van der Waals surface area (Å²) < 4.78 is 0. The molecule has 0 aromatic heterocycles. The van der Waals surface area contributed by atoms with Crippen molar-refractivity contribution in [3.8, 4) is 0 Å². The molecule has 2 aliphatic carbocycles. The highest BCUT2D eigenvalue weighted by Gasteiger charge is 2.14. The van der Waals surface area contributed by atoms with Gasteiger partial charge < -0.3 is 0 Å². The molecule has 0 heteroatoms. The fourth-order valence-electron chi connectivity index (χ4n) is 3.30. The normalized spacial score (nSPS) is 17.7.